The van der Waals surface area contributed by atoms with E-state index >= 15 is 0 Å². The Hall–Kier alpha value is -3.27. The second-order valence-corrected chi connectivity index (χ2v) is 5.32. The fourth-order valence-corrected chi connectivity index (χ4v) is 2.25. The minimum absolute atomic E-state index is 0.471. The maximum Gasteiger partial charge on any atom is 0.162 e. The highest BCUT2D eigenvalue weighted by atomic mass is 16.6. The van der Waals surface area contributed by atoms with Crippen LogP contribution < -0.4 is 14.3 Å². The molecule has 0 bridgehead atoms. The summed E-state index contributed by atoms with van der Waals surface area (Å²) < 4.78 is 11.3. The Balaban J connectivity index is 1.68. The summed E-state index contributed by atoms with van der Waals surface area (Å²) in [6.07, 6.45) is 1.64. The first kappa shape index (κ1) is 16.6. The Morgan fingerprint density at radius 2 is 1.56 bits per heavy atom. The Morgan fingerprint density at radius 3 is 2.28 bits per heavy atom. The van der Waals surface area contributed by atoms with Gasteiger partial charge in [-0.05, 0) is 35.9 Å². The van der Waals surface area contributed by atoms with Crippen molar-refractivity contribution in [2.75, 3.05) is 7.11 Å². The second-order valence-electron chi connectivity index (χ2n) is 5.32. The lowest BCUT2D eigenvalue weighted by molar-refractivity contribution is 0.284. The van der Waals surface area contributed by atoms with E-state index in [9.17, 15) is 0 Å². The number of rotatable bonds is 7. The minimum atomic E-state index is 0.471. The zero-order chi connectivity index (χ0) is 17.3. The maximum absolute atomic E-state index is 5.89. The van der Waals surface area contributed by atoms with Crippen LogP contribution in [0.25, 0.3) is 0 Å². The molecule has 3 rings (SSSR count). The van der Waals surface area contributed by atoms with Crippen molar-refractivity contribution in [3.8, 4) is 17.2 Å². The van der Waals surface area contributed by atoms with Gasteiger partial charge in [0.2, 0.25) is 0 Å². The van der Waals surface area contributed by atoms with Gasteiger partial charge in [0, 0.05) is 5.56 Å². The fourth-order valence-electron chi connectivity index (χ4n) is 2.25. The molecular weight excluding hydrogens is 314 g/mol. The molecule has 0 radical (unpaired) electrons. The molecule has 25 heavy (non-hydrogen) atoms. The molecule has 0 N–H and O–H groups in total. The van der Waals surface area contributed by atoms with Crippen molar-refractivity contribution in [2.24, 2.45) is 5.16 Å². The minimum Gasteiger partial charge on any atom is -0.493 e. The van der Waals surface area contributed by atoms with Gasteiger partial charge in [0.25, 0.3) is 0 Å². The van der Waals surface area contributed by atoms with Gasteiger partial charge in [-0.2, -0.15) is 0 Å². The molecule has 0 amide bonds. The van der Waals surface area contributed by atoms with Crippen molar-refractivity contribution in [3.05, 3.63) is 90.0 Å². The van der Waals surface area contributed by atoms with Gasteiger partial charge in [0.15, 0.2) is 17.2 Å². The van der Waals surface area contributed by atoms with Crippen molar-refractivity contribution in [1.29, 1.82) is 0 Å². The van der Waals surface area contributed by atoms with Crippen LogP contribution in [0.2, 0.25) is 0 Å². The average molecular weight is 333 g/mol. The molecule has 0 aliphatic rings. The monoisotopic (exact) mass is 333 g/mol. The smallest absolute Gasteiger partial charge is 0.162 e. The van der Waals surface area contributed by atoms with E-state index in [1.54, 1.807) is 13.3 Å². The van der Waals surface area contributed by atoms with Crippen LogP contribution >= 0.6 is 0 Å². The molecule has 0 saturated heterocycles. The highest BCUT2D eigenvalue weighted by Gasteiger charge is 2.06. The van der Waals surface area contributed by atoms with Crippen LogP contribution in [0.5, 0.6) is 17.2 Å². The number of methoxy groups -OCH3 is 1. The second kappa shape index (κ2) is 8.55. The first-order valence-corrected chi connectivity index (χ1v) is 7.95. The Bertz CT molecular complexity index is 817. The number of hydrogen-bond acceptors (Lipinski definition) is 4. The molecule has 0 unspecified atom stereocenters. The van der Waals surface area contributed by atoms with E-state index in [4.69, 9.17) is 14.3 Å². The van der Waals surface area contributed by atoms with Gasteiger partial charge in [0.05, 0.1) is 13.3 Å². The van der Waals surface area contributed by atoms with Gasteiger partial charge in [-0.3, -0.25) is 0 Å². The zero-order valence-corrected chi connectivity index (χ0v) is 14.0. The number of para-hydroxylation sites is 1. The van der Waals surface area contributed by atoms with Crippen molar-refractivity contribution in [2.45, 2.75) is 6.61 Å². The molecule has 0 saturated carbocycles. The zero-order valence-electron chi connectivity index (χ0n) is 14.0. The maximum atomic E-state index is 5.89. The highest BCUT2D eigenvalue weighted by Crippen LogP contribution is 2.28. The summed E-state index contributed by atoms with van der Waals surface area (Å²) in [6, 6.07) is 25.0. The third-order valence-corrected chi connectivity index (χ3v) is 3.53. The van der Waals surface area contributed by atoms with Gasteiger partial charge in [-0.25, -0.2) is 0 Å². The van der Waals surface area contributed by atoms with E-state index in [2.05, 4.69) is 5.16 Å². The van der Waals surface area contributed by atoms with Crippen molar-refractivity contribution < 1.29 is 14.3 Å². The highest BCUT2D eigenvalue weighted by molar-refractivity contribution is 5.80. The summed E-state index contributed by atoms with van der Waals surface area (Å²) in [5, 5.41) is 4.01. The standard InChI is InChI=1S/C21H19NO3/c1-23-20-13-12-18(15-22-25-19-10-6-3-7-11-19)14-21(20)24-16-17-8-4-2-5-9-17/h2-15H,16H2,1H3/b22-15+. The lowest BCUT2D eigenvalue weighted by Gasteiger charge is -2.11. The Morgan fingerprint density at radius 1 is 0.840 bits per heavy atom. The van der Waals surface area contributed by atoms with E-state index in [1.165, 1.54) is 0 Å². The van der Waals surface area contributed by atoms with Crippen molar-refractivity contribution in [3.63, 3.8) is 0 Å². The molecular formula is C21H19NO3. The van der Waals surface area contributed by atoms with Crippen LogP contribution in [0.4, 0.5) is 0 Å². The fraction of sp³-hybridized carbons (Fsp3) is 0.0952. The topological polar surface area (TPSA) is 40.0 Å². The summed E-state index contributed by atoms with van der Waals surface area (Å²) in [4.78, 5) is 5.33. The van der Waals surface area contributed by atoms with Crippen LogP contribution in [0.3, 0.4) is 0 Å². The molecule has 0 aromatic heterocycles. The Kier molecular flexibility index (Phi) is 5.67. The molecule has 4 nitrogen and oxygen atoms in total. The van der Waals surface area contributed by atoms with Crippen LogP contribution in [0, 0.1) is 0 Å². The summed E-state index contributed by atoms with van der Waals surface area (Å²) in [6.45, 7) is 0.471. The van der Waals surface area contributed by atoms with Gasteiger partial charge < -0.3 is 14.3 Å². The molecule has 3 aromatic carbocycles. The predicted molar refractivity (Wildman–Crippen MR) is 98.4 cm³/mol. The molecule has 0 atom stereocenters. The molecule has 126 valence electrons. The third kappa shape index (κ3) is 4.85. The number of ether oxygens (including phenoxy) is 2. The number of oxime groups is 1. The quantitative estimate of drug-likeness (QED) is 0.465. The van der Waals surface area contributed by atoms with Crippen LogP contribution in [-0.4, -0.2) is 13.3 Å². The van der Waals surface area contributed by atoms with Crippen molar-refractivity contribution in [1.82, 2.24) is 0 Å². The summed E-state index contributed by atoms with van der Waals surface area (Å²) >= 11 is 0. The van der Waals surface area contributed by atoms with Gasteiger partial charge >= 0.3 is 0 Å². The molecule has 0 fully saturated rings. The summed E-state index contributed by atoms with van der Waals surface area (Å²) in [5.74, 6) is 2.03. The first-order valence-electron chi connectivity index (χ1n) is 7.95. The van der Waals surface area contributed by atoms with E-state index < -0.39 is 0 Å². The van der Waals surface area contributed by atoms with Crippen LogP contribution in [0.1, 0.15) is 11.1 Å². The number of nitrogens with zero attached hydrogens (tertiary/aromatic N) is 1. The van der Waals surface area contributed by atoms with Crippen LogP contribution in [0.15, 0.2) is 84.0 Å². The number of hydrogen-bond donors (Lipinski definition) is 0. The predicted octanol–water partition coefficient (Wildman–Crippen LogP) is 4.69. The molecule has 0 aliphatic heterocycles. The van der Waals surface area contributed by atoms with Gasteiger partial charge in [0.1, 0.15) is 6.61 Å². The normalized spacial score (nSPS) is 10.6. The number of benzene rings is 3. The van der Waals surface area contributed by atoms with E-state index in [0.29, 0.717) is 23.9 Å². The van der Waals surface area contributed by atoms with E-state index in [-0.39, 0.29) is 0 Å². The third-order valence-electron chi connectivity index (χ3n) is 3.53. The average Bonchev–Trinajstić information content (AvgIpc) is 2.68. The van der Waals surface area contributed by atoms with Crippen molar-refractivity contribution >= 4 is 6.21 Å². The molecule has 3 aromatic rings. The molecule has 4 heteroatoms. The molecule has 0 aliphatic carbocycles. The van der Waals surface area contributed by atoms with Gasteiger partial charge in [-0.1, -0.05) is 53.7 Å². The SMILES string of the molecule is COc1ccc(/C=N/Oc2ccccc2)cc1OCc1ccccc1. The van der Waals surface area contributed by atoms with E-state index in [0.717, 1.165) is 11.1 Å². The van der Waals surface area contributed by atoms with Crippen LogP contribution in [-0.2, 0) is 6.61 Å². The largest absolute Gasteiger partial charge is 0.493 e. The van der Waals surface area contributed by atoms with Gasteiger partial charge in [-0.15, -0.1) is 0 Å². The summed E-state index contributed by atoms with van der Waals surface area (Å²) in [5.41, 5.74) is 1.95. The van der Waals surface area contributed by atoms with E-state index in [1.807, 2.05) is 78.9 Å². The molecule has 0 heterocycles. The lowest BCUT2D eigenvalue weighted by atomic mass is 10.2. The molecule has 0 spiro atoms. The lowest BCUT2D eigenvalue weighted by Crippen LogP contribution is -1.98. The summed E-state index contributed by atoms with van der Waals surface area (Å²) in [7, 11) is 1.62. The Labute approximate surface area is 147 Å². The first-order chi connectivity index (χ1) is 12.3.